The minimum Gasteiger partial charge on any atom is -0.322 e. The zero-order valence-corrected chi connectivity index (χ0v) is 14.8. The molecular weight excluding hydrogens is 360 g/mol. The maximum absolute atomic E-state index is 12.5. The van der Waals surface area contributed by atoms with E-state index in [0.29, 0.717) is 16.8 Å². The zero-order chi connectivity index (χ0) is 19.7. The van der Waals surface area contributed by atoms with Gasteiger partial charge in [0.25, 0.3) is 11.8 Å². The average Bonchev–Trinajstić information content (AvgIpc) is 3.31. The number of nitrogens with one attached hydrogen (secondary N) is 3. The van der Waals surface area contributed by atoms with E-state index >= 15 is 0 Å². The monoisotopic (exact) mass is 376 g/mol. The van der Waals surface area contributed by atoms with Crippen LogP contribution in [-0.4, -0.2) is 32.6 Å². The first-order chi connectivity index (χ1) is 13.5. The van der Waals surface area contributed by atoms with Crippen molar-refractivity contribution in [3.05, 3.63) is 72.3 Å². The molecular formula is C19H16N6O3. The molecule has 1 aliphatic heterocycles. The van der Waals surface area contributed by atoms with Gasteiger partial charge in [0.05, 0.1) is 5.69 Å². The fourth-order valence-corrected chi connectivity index (χ4v) is 2.96. The molecule has 28 heavy (non-hydrogen) atoms. The van der Waals surface area contributed by atoms with Crippen LogP contribution >= 0.6 is 0 Å². The van der Waals surface area contributed by atoms with Gasteiger partial charge in [0.2, 0.25) is 0 Å². The fourth-order valence-electron chi connectivity index (χ4n) is 2.96. The Balaban J connectivity index is 1.52. The third-order valence-corrected chi connectivity index (χ3v) is 4.56. The van der Waals surface area contributed by atoms with Gasteiger partial charge in [-0.15, -0.1) is 0 Å². The van der Waals surface area contributed by atoms with Crippen molar-refractivity contribution >= 4 is 23.5 Å². The highest BCUT2D eigenvalue weighted by Crippen LogP contribution is 2.26. The third kappa shape index (κ3) is 3.09. The summed E-state index contributed by atoms with van der Waals surface area (Å²) in [6.45, 7) is 1.61. The number of carbonyl (C=O) groups excluding carboxylic acids is 3. The standard InChI is InChI=1S/C19H16N6O3/c1-19(17(27)23-18(28)24-19)13-3-2-4-14(9-13)22-16(26)12-5-7-15(8-6-12)25-11-20-10-21-25/h2-11H,1H3,(H,22,26)(H2,23,24,27,28). The summed E-state index contributed by atoms with van der Waals surface area (Å²) in [5.41, 5.74) is 1.14. The van der Waals surface area contributed by atoms with Gasteiger partial charge in [-0.2, -0.15) is 5.10 Å². The molecule has 2 aromatic carbocycles. The SMILES string of the molecule is CC1(c2cccc(NC(=O)c3ccc(-n4cncn4)cc3)c2)NC(=O)NC1=O. The van der Waals surface area contributed by atoms with Crippen LogP contribution in [0, 0.1) is 0 Å². The van der Waals surface area contributed by atoms with Gasteiger partial charge in [0.1, 0.15) is 18.2 Å². The number of hydrogen-bond acceptors (Lipinski definition) is 5. The summed E-state index contributed by atoms with van der Waals surface area (Å²) in [5.74, 6) is -0.739. The van der Waals surface area contributed by atoms with Gasteiger partial charge in [-0.05, 0) is 48.9 Å². The predicted molar refractivity (Wildman–Crippen MR) is 99.8 cm³/mol. The van der Waals surface area contributed by atoms with E-state index in [4.69, 9.17) is 0 Å². The molecule has 0 bridgehead atoms. The van der Waals surface area contributed by atoms with Crippen molar-refractivity contribution in [3.8, 4) is 5.69 Å². The summed E-state index contributed by atoms with van der Waals surface area (Å²) in [4.78, 5) is 40.0. The van der Waals surface area contributed by atoms with Crippen molar-refractivity contribution in [3.63, 3.8) is 0 Å². The summed E-state index contributed by atoms with van der Waals surface area (Å²) in [5, 5.41) is 11.7. The van der Waals surface area contributed by atoms with Gasteiger partial charge in [-0.1, -0.05) is 12.1 Å². The number of amides is 4. The number of rotatable bonds is 4. The van der Waals surface area contributed by atoms with Crippen LogP contribution in [0.4, 0.5) is 10.5 Å². The van der Waals surface area contributed by atoms with Gasteiger partial charge < -0.3 is 10.6 Å². The second kappa shape index (κ2) is 6.62. The summed E-state index contributed by atoms with van der Waals surface area (Å²) in [6, 6.07) is 13.1. The maximum atomic E-state index is 12.5. The Kier molecular flexibility index (Phi) is 4.11. The van der Waals surface area contributed by atoms with E-state index in [-0.39, 0.29) is 5.91 Å². The van der Waals surface area contributed by atoms with E-state index in [1.165, 1.54) is 6.33 Å². The van der Waals surface area contributed by atoms with Crippen molar-refractivity contribution in [2.45, 2.75) is 12.5 Å². The van der Waals surface area contributed by atoms with Crippen molar-refractivity contribution in [1.29, 1.82) is 0 Å². The molecule has 1 aliphatic rings. The number of anilines is 1. The highest BCUT2D eigenvalue weighted by molar-refractivity contribution is 6.07. The van der Waals surface area contributed by atoms with Crippen LogP contribution in [0.1, 0.15) is 22.8 Å². The Morgan fingerprint density at radius 1 is 1.14 bits per heavy atom. The Morgan fingerprint density at radius 2 is 1.93 bits per heavy atom. The van der Waals surface area contributed by atoms with Crippen molar-refractivity contribution in [2.24, 2.45) is 0 Å². The molecule has 1 unspecified atom stereocenters. The van der Waals surface area contributed by atoms with Gasteiger partial charge in [-0.25, -0.2) is 14.5 Å². The lowest BCUT2D eigenvalue weighted by molar-refractivity contribution is -0.123. The van der Waals surface area contributed by atoms with Crippen LogP contribution in [0.15, 0.2) is 61.2 Å². The van der Waals surface area contributed by atoms with E-state index < -0.39 is 17.5 Å². The predicted octanol–water partition coefficient (Wildman–Crippen LogP) is 1.57. The fraction of sp³-hybridized carbons (Fsp3) is 0.105. The van der Waals surface area contributed by atoms with Crippen LogP contribution in [0.3, 0.4) is 0 Å². The molecule has 4 amide bonds. The maximum Gasteiger partial charge on any atom is 0.322 e. The molecule has 0 aliphatic carbocycles. The van der Waals surface area contributed by atoms with Crippen LogP contribution in [0.25, 0.3) is 5.69 Å². The van der Waals surface area contributed by atoms with Crippen LogP contribution < -0.4 is 16.0 Å². The second-order valence-electron chi connectivity index (χ2n) is 6.46. The van der Waals surface area contributed by atoms with E-state index in [2.05, 4.69) is 26.0 Å². The molecule has 0 radical (unpaired) electrons. The number of nitrogens with zero attached hydrogens (tertiary/aromatic N) is 3. The first kappa shape index (κ1) is 17.4. The molecule has 140 valence electrons. The number of imide groups is 1. The van der Waals surface area contributed by atoms with Crippen LogP contribution in [-0.2, 0) is 10.3 Å². The minimum absolute atomic E-state index is 0.299. The molecule has 9 nitrogen and oxygen atoms in total. The summed E-state index contributed by atoms with van der Waals surface area (Å²) < 4.78 is 1.59. The topological polar surface area (TPSA) is 118 Å². The molecule has 0 spiro atoms. The molecule has 3 N–H and O–H groups in total. The first-order valence-electron chi connectivity index (χ1n) is 8.46. The van der Waals surface area contributed by atoms with Gasteiger partial charge in [-0.3, -0.25) is 14.9 Å². The normalized spacial score (nSPS) is 18.5. The van der Waals surface area contributed by atoms with Gasteiger partial charge >= 0.3 is 6.03 Å². The third-order valence-electron chi connectivity index (χ3n) is 4.56. The lowest BCUT2D eigenvalue weighted by atomic mass is 9.92. The zero-order valence-electron chi connectivity index (χ0n) is 14.8. The Hall–Kier alpha value is -4.01. The number of carbonyl (C=O) groups is 3. The summed E-state index contributed by atoms with van der Waals surface area (Å²) in [7, 11) is 0. The van der Waals surface area contributed by atoms with Gasteiger partial charge in [0, 0.05) is 11.3 Å². The van der Waals surface area contributed by atoms with Crippen molar-refractivity contribution in [1.82, 2.24) is 25.4 Å². The number of hydrogen-bond donors (Lipinski definition) is 3. The Morgan fingerprint density at radius 3 is 2.57 bits per heavy atom. The first-order valence-corrected chi connectivity index (χ1v) is 8.46. The smallest absolute Gasteiger partial charge is 0.322 e. The molecule has 4 rings (SSSR count). The average molecular weight is 376 g/mol. The van der Waals surface area contributed by atoms with Crippen molar-refractivity contribution in [2.75, 3.05) is 5.32 Å². The van der Waals surface area contributed by atoms with Crippen LogP contribution in [0.2, 0.25) is 0 Å². The minimum atomic E-state index is -1.18. The van der Waals surface area contributed by atoms with E-state index in [9.17, 15) is 14.4 Å². The molecule has 1 fully saturated rings. The molecule has 0 saturated carbocycles. The highest BCUT2D eigenvalue weighted by atomic mass is 16.2. The molecule has 3 aromatic rings. The van der Waals surface area contributed by atoms with Crippen molar-refractivity contribution < 1.29 is 14.4 Å². The lowest BCUT2D eigenvalue weighted by Crippen LogP contribution is -2.40. The quantitative estimate of drug-likeness (QED) is 0.598. The van der Waals surface area contributed by atoms with E-state index in [1.54, 1.807) is 66.5 Å². The molecule has 1 saturated heterocycles. The summed E-state index contributed by atoms with van der Waals surface area (Å²) in [6.07, 6.45) is 3.00. The Bertz CT molecular complexity index is 1060. The second-order valence-corrected chi connectivity index (χ2v) is 6.46. The Labute approximate surface area is 159 Å². The molecule has 1 aromatic heterocycles. The number of urea groups is 1. The van der Waals surface area contributed by atoms with Crippen LogP contribution in [0.5, 0.6) is 0 Å². The van der Waals surface area contributed by atoms with E-state index in [0.717, 1.165) is 5.69 Å². The summed E-state index contributed by atoms with van der Waals surface area (Å²) >= 11 is 0. The van der Waals surface area contributed by atoms with E-state index in [1.807, 2.05) is 0 Å². The highest BCUT2D eigenvalue weighted by Gasteiger charge is 2.43. The molecule has 2 heterocycles. The molecule has 1 atom stereocenters. The number of aromatic nitrogens is 3. The number of benzene rings is 2. The van der Waals surface area contributed by atoms with Gasteiger partial charge in [0.15, 0.2) is 0 Å². The lowest BCUT2D eigenvalue weighted by Gasteiger charge is -2.21. The molecule has 9 heteroatoms. The largest absolute Gasteiger partial charge is 0.322 e.